The number of carbonyl (C=O) groups excluding carboxylic acids is 1. The Morgan fingerprint density at radius 1 is 0.864 bits per heavy atom. The van der Waals surface area contributed by atoms with Crippen LogP contribution in [0.2, 0.25) is 0 Å². The van der Waals surface area contributed by atoms with E-state index in [9.17, 15) is 13.2 Å². The number of methoxy groups -OCH3 is 1. The Morgan fingerprint density at radius 2 is 1.39 bits per heavy atom. The Hall–Kier alpha value is -4.41. The molecule has 44 heavy (non-hydrogen) atoms. The van der Waals surface area contributed by atoms with Gasteiger partial charge >= 0.3 is 257 Å². The van der Waals surface area contributed by atoms with Crippen LogP contribution in [0.15, 0.2) is 121 Å². The zero-order valence-corrected chi connectivity index (χ0v) is 25.8. The Balaban J connectivity index is 1.48. The summed E-state index contributed by atoms with van der Waals surface area (Å²) >= 11 is 0. The van der Waals surface area contributed by atoms with Gasteiger partial charge in [-0.05, 0) is 0 Å². The van der Waals surface area contributed by atoms with Gasteiger partial charge in [-0.25, -0.2) is 0 Å². The number of hydroxylamine groups is 2. The van der Waals surface area contributed by atoms with Gasteiger partial charge in [-0.3, -0.25) is 0 Å². The average Bonchev–Trinajstić information content (AvgIpc) is 3.29. The molecule has 0 N–H and O–H groups in total. The van der Waals surface area contributed by atoms with E-state index < -0.39 is 29.3 Å². The fourth-order valence-electron chi connectivity index (χ4n) is 5.94. The Kier molecular flexibility index (Phi) is 7.81. The summed E-state index contributed by atoms with van der Waals surface area (Å²) in [5, 5.41) is 2.81. The number of amides is 2. The van der Waals surface area contributed by atoms with E-state index in [4.69, 9.17) is 13.0 Å². The minimum absolute atomic E-state index is 0.191. The number of hydrogen-bond acceptors (Lipinski definition) is 8. The zero-order valence-electron chi connectivity index (χ0n) is 24.1. The number of rotatable bonds is 10. The molecule has 3 aromatic carbocycles. The molecule has 1 atom stereocenters. The van der Waals surface area contributed by atoms with Crippen LogP contribution in [0.5, 0.6) is 6.01 Å². The molecule has 1 fully saturated rings. The van der Waals surface area contributed by atoms with Crippen LogP contribution in [-0.4, -0.2) is 60.6 Å². The molecule has 2 aliphatic heterocycles. The molecule has 2 bridgehead atoms. The van der Waals surface area contributed by atoms with Gasteiger partial charge in [0, 0.05) is 0 Å². The fourth-order valence-corrected chi connectivity index (χ4v) is 13.4. The van der Waals surface area contributed by atoms with Gasteiger partial charge in [0.1, 0.15) is 0 Å². The van der Waals surface area contributed by atoms with Crippen LogP contribution in [-0.2, 0) is 18.7 Å². The number of fused-ring (bicyclic) bond motifs is 2. The van der Waals surface area contributed by atoms with Crippen molar-refractivity contribution >= 4 is 44.7 Å². The number of carbonyl (C=O) groups is 1. The number of allylic oxidation sites excluding steroid dienone is 1. The SMILES string of the molecule is CC=CP(OS(=O)(=O)ON1C(=O)N2CC=C(c3cnc(OC)nc3)C1C2)(c1ccccc1)(c1ccccc1)c1ccccc1. The van der Waals surface area contributed by atoms with Crippen LogP contribution >= 0.6 is 6.83 Å². The van der Waals surface area contributed by atoms with E-state index in [2.05, 4.69) is 9.97 Å². The molecule has 0 radical (unpaired) electrons. The summed E-state index contributed by atoms with van der Waals surface area (Å²) in [5.74, 6) is 1.83. The van der Waals surface area contributed by atoms with Gasteiger partial charge in [-0.1, -0.05) is 0 Å². The topological polar surface area (TPSA) is 111 Å². The summed E-state index contributed by atoms with van der Waals surface area (Å²) in [6, 6.07) is 26.7. The first-order valence-electron chi connectivity index (χ1n) is 13.9. The summed E-state index contributed by atoms with van der Waals surface area (Å²) in [6.45, 7) is -2.14. The first kappa shape index (κ1) is 29.7. The van der Waals surface area contributed by atoms with Gasteiger partial charge < -0.3 is 0 Å². The first-order valence-corrected chi connectivity index (χ1v) is 17.5. The maximum atomic E-state index is 14.3. The van der Waals surface area contributed by atoms with E-state index in [0.717, 1.165) is 5.06 Å². The number of urea groups is 1. The van der Waals surface area contributed by atoms with E-state index in [1.54, 1.807) is 18.5 Å². The van der Waals surface area contributed by atoms with Crippen LogP contribution in [0.3, 0.4) is 0 Å². The summed E-state index contributed by atoms with van der Waals surface area (Å²) in [4.78, 5) is 23.3. The molecule has 10 nitrogen and oxygen atoms in total. The predicted octanol–water partition coefficient (Wildman–Crippen LogP) is 4.16. The summed E-state index contributed by atoms with van der Waals surface area (Å²) in [6.07, 6.45) is 6.77. The molecule has 6 rings (SSSR count). The molecule has 1 aromatic heterocycles. The zero-order chi connectivity index (χ0) is 30.8. The molecule has 0 saturated carbocycles. The van der Waals surface area contributed by atoms with Crippen LogP contribution < -0.4 is 20.7 Å². The number of hydrogen-bond donors (Lipinski definition) is 0. The fraction of sp³-hybridized carbons (Fsp3) is 0.156. The van der Waals surface area contributed by atoms with Gasteiger partial charge in [0.05, 0.1) is 0 Å². The second kappa shape index (κ2) is 11.6. The third-order valence-corrected chi connectivity index (χ3v) is 15.0. The standard InChI is InChI=1S/C32H31N4O6PS/c1-3-21-43(26-13-7-4-8-14-26,27-15-9-5-10-16-27,28-17-11-6-12-18-28)42-44(38,39)41-36-30-24-35(32(36)37)20-19-29(30)25-22-33-31(40-2)34-23-25/h3-19,21-23,30H,20,24H2,1-2H3. The maximum absolute atomic E-state index is 14.3. The van der Waals surface area contributed by atoms with Crippen molar-refractivity contribution in [3.05, 3.63) is 127 Å². The molecular formula is C32H31N4O6PS. The van der Waals surface area contributed by atoms with Crippen molar-refractivity contribution < 1.29 is 26.2 Å². The molecule has 1 unspecified atom stereocenters. The number of ether oxygens (including phenoxy) is 1. The number of nitrogens with zero attached hydrogens (tertiary/aromatic N) is 4. The van der Waals surface area contributed by atoms with Gasteiger partial charge in [0.2, 0.25) is 0 Å². The van der Waals surface area contributed by atoms with Crippen LogP contribution in [0, 0.1) is 0 Å². The molecule has 226 valence electrons. The third kappa shape index (κ3) is 4.88. The van der Waals surface area contributed by atoms with Crippen molar-refractivity contribution in [2.75, 3.05) is 20.2 Å². The van der Waals surface area contributed by atoms with Crippen molar-refractivity contribution in [2.24, 2.45) is 0 Å². The monoisotopic (exact) mass is 630 g/mol. The van der Waals surface area contributed by atoms with E-state index in [1.807, 2.05) is 110 Å². The first-order chi connectivity index (χ1) is 21.3. The summed E-state index contributed by atoms with van der Waals surface area (Å²) < 4.78 is 46.0. The van der Waals surface area contributed by atoms with E-state index in [0.29, 0.717) is 27.1 Å². The van der Waals surface area contributed by atoms with Crippen molar-refractivity contribution in [3.63, 3.8) is 0 Å². The molecule has 3 heterocycles. The summed E-state index contributed by atoms with van der Waals surface area (Å²) in [7, 11) is -3.46. The number of benzene rings is 3. The Morgan fingerprint density at radius 3 is 1.86 bits per heavy atom. The second-order valence-electron chi connectivity index (χ2n) is 10.3. The molecule has 2 amide bonds. The average molecular weight is 631 g/mol. The molecule has 2 aliphatic rings. The van der Waals surface area contributed by atoms with Crippen molar-refractivity contribution in [1.82, 2.24) is 19.9 Å². The van der Waals surface area contributed by atoms with Gasteiger partial charge in [-0.2, -0.15) is 0 Å². The normalized spacial score (nSPS) is 17.8. The predicted molar refractivity (Wildman–Crippen MR) is 170 cm³/mol. The van der Waals surface area contributed by atoms with Crippen molar-refractivity contribution in [2.45, 2.75) is 13.0 Å². The quantitative estimate of drug-likeness (QED) is 0.240. The van der Waals surface area contributed by atoms with Crippen LogP contribution in [0.1, 0.15) is 12.5 Å². The second-order valence-corrected chi connectivity index (χ2v) is 15.9. The van der Waals surface area contributed by atoms with Gasteiger partial charge in [0.15, 0.2) is 0 Å². The Bertz CT molecular complexity index is 1720. The van der Waals surface area contributed by atoms with Crippen molar-refractivity contribution in [3.8, 4) is 6.01 Å². The molecule has 12 heteroatoms. The van der Waals surface area contributed by atoms with E-state index >= 15 is 0 Å². The van der Waals surface area contributed by atoms with E-state index in [-0.39, 0.29) is 19.1 Å². The molecule has 0 aliphatic carbocycles. The number of aromatic nitrogens is 2. The molecule has 4 aromatic rings. The van der Waals surface area contributed by atoms with E-state index in [1.165, 1.54) is 12.0 Å². The minimum atomic E-state index is -4.93. The third-order valence-electron chi connectivity index (χ3n) is 7.83. The molecular weight excluding hydrogens is 599 g/mol. The van der Waals surface area contributed by atoms with Crippen molar-refractivity contribution in [1.29, 1.82) is 0 Å². The molecule has 0 spiro atoms. The van der Waals surface area contributed by atoms with Gasteiger partial charge in [0.25, 0.3) is 0 Å². The Labute approximate surface area is 256 Å². The summed E-state index contributed by atoms with van der Waals surface area (Å²) in [5.41, 5.74) is 1.27. The van der Waals surface area contributed by atoms with Gasteiger partial charge in [-0.15, -0.1) is 0 Å². The van der Waals surface area contributed by atoms with Crippen LogP contribution in [0.25, 0.3) is 5.57 Å². The molecule has 1 saturated heterocycles. The van der Waals surface area contributed by atoms with Crippen LogP contribution in [0.4, 0.5) is 4.79 Å².